The highest BCUT2D eigenvalue weighted by Gasteiger charge is 2.12. The number of benzene rings is 2. The van der Waals surface area contributed by atoms with Gasteiger partial charge in [0.1, 0.15) is 5.82 Å². The summed E-state index contributed by atoms with van der Waals surface area (Å²) in [5.74, 6) is 1.21. The van der Waals surface area contributed by atoms with Crippen LogP contribution in [0, 0.1) is 5.92 Å². The standard InChI is InChI=1S/C23H27Cl2N3O/c1-16(2)23(29)26-13-7-3-4-10-22-27-20-8-5-6-9-21(20)28(22)15-17-11-12-18(24)14-19(17)25/h5-6,8-9,11-12,14,16H,3-4,7,10,13,15H2,1-2H3,(H,26,29). The fraction of sp³-hybridized carbons (Fsp3) is 0.391. The van der Waals surface area contributed by atoms with Crippen molar-refractivity contribution in [3.05, 3.63) is 63.9 Å². The number of rotatable bonds is 9. The van der Waals surface area contributed by atoms with Gasteiger partial charge in [-0.2, -0.15) is 0 Å². The van der Waals surface area contributed by atoms with Crippen molar-refractivity contribution in [2.24, 2.45) is 5.92 Å². The topological polar surface area (TPSA) is 46.9 Å². The Kier molecular flexibility index (Phi) is 7.57. The maximum atomic E-state index is 11.6. The largest absolute Gasteiger partial charge is 0.356 e. The molecule has 0 saturated carbocycles. The summed E-state index contributed by atoms with van der Waals surface area (Å²) in [4.78, 5) is 16.5. The van der Waals surface area contributed by atoms with Crippen LogP contribution in [0.15, 0.2) is 42.5 Å². The van der Waals surface area contributed by atoms with Crippen molar-refractivity contribution in [1.82, 2.24) is 14.9 Å². The lowest BCUT2D eigenvalue weighted by Crippen LogP contribution is -2.28. The number of halogens is 2. The molecular formula is C23H27Cl2N3O. The third-order valence-corrected chi connectivity index (χ3v) is 5.56. The Balaban J connectivity index is 1.66. The molecule has 0 bridgehead atoms. The van der Waals surface area contributed by atoms with Crippen molar-refractivity contribution in [1.29, 1.82) is 0 Å². The molecule has 6 heteroatoms. The maximum absolute atomic E-state index is 11.6. The number of imidazole rings is 1. The maximum Gasteiger partial charge on any atom is 0.222 e. The van der Waals surface area contributed by atoms with Gasteiger partial charge in [-0.15, -0.1) is 0 Å². The van der Waals surface area contributed by atoms with Crippen molar-refractivity contribution in [2.45, 2.75) is 46.1 Å². The average molecular weight is 432 g/mol. The van der Waals surface area contributed by atoms with Gasteiger partial charge < -0.3 is 9.88 Å². The summed E-state index contributed by atoms with van der Waals surface area (Å²) in [5, 5.41) is 4.28. The van der Waals surface area contributed by atoms with E-state index in [1.807, 2.05) is 44.2 Å². The molecule has 1 N–H and O–H groups in total. The molecule has 1 heterocycles. The Morgan fingerprint density at radius 3 is 2.66 bits per heavy atom. The van der Waals surface area contributed by atoms with Crippen LogP contribution in [0.1, 0.15) is 44.5 Å². The molecule has 4 nitrogen and oxygen atoms in total. The van der Waals surface area contributed by atoms with Crippen molar-refractivity contribution in [3.63, 3.8) is 0 Å². The lowest BCUT2D eigenvalue weighted by Gasteiger charge is -2.11. The fourth-order valence-corrected chi connectivity index (χ4v) is 3.78. The summed E-state index contributed by atoms with van der Waals surface area (Å²) in [5.41, 5.74) is 3.13. The number of fused-ring (bicyclic) bond motifs is 1. The van der Waals surface area contributed by atoms with Crippen LogP contribution in [-0.4, -0.2) is 22.0 Å². The minimum atomic E-state index is 0.0367. The molecule has 0 atom stereocenters. The van der Waals surface area contributed by atoms with Crippen LogP contribution < -0.4 is 5.32 Å². The quantitative estimate of drug-likeness (QED) is 0.430. The fourth-order valence-electron chi connectivity index (χ4n) is 3.31. The zero-order valence-corrected chi connectivity index (χ0v) is 18.4. The molecule has 0 unspecified atom stereocenters. The van der Waals surface area contributed by atoms with Crippen molar-refractivity contribution >= 4 is 40.1 Å². The van der Waals surface area contributed by atoms with Gasteiger partial charge in [-0.1, -0.05) is 61.7 Å². The van der Waals surface area contributed by atoms with E-state index in [2.05, 4.69) is 16.0 Å². The van der Waals surface area contributed by atoms with Gasteiger partial charge in [0.25, 0.3) is 0 Å². The molecular weight excluding hydrogens is 405 g/mol. The third-order valence-electron chi connectivity index (χ3n) is 4.98. The molecule has 0 aliphatic carbocycles. The van der Waals surface area contributed by atoms with E-state index in [1.54, 1.807) is 6.07 Å². The zero-order chi connectivity index (χ0) is 20.8. The zero-order valence-electron chi connectivity index (χ0n) is 16.9. The molecule has 154 valence electrons. The first-order valence-corrected chi connectivity index (χ1v) is 10.9. The van der Waals surface area contributed by atoms with Gasteiger partial charge in [-0.05, 0) is 42.7 Å². The van der Waals surface area contributed by atoms with Gasteiger partial charge in [0.05, 0.1) is 17.6 Å². The second kappa shape index (κ2) is 10.1. The minimum absolute atomic E-state index is 0.0367. The molecule has 3 rings (SSSR count). The van der Waals surface area contributed by atoms with Crippen LogP contribution in [0.4, 0.5) is 0 Å². The number of unbranched alkanes of at least 4 members (excludes halogenated alkanes) is 2. The Morgan fingerprint density at radius 1 is 1.10 bits per heavy atom. The molecule has 0 radical (unpaired) electrons. The SMILES string of the molecule is CC(C)C(=O)NCCCCCc1nc2ccccc2n1Cc1ccc(Cl)cc1Cl. The predicted octanol–water partition coefficient (Wildman–Crippen LogP) is 5.88. The van der Waals surface area contributed by atoms with Gasteiger partial charge >= 0.3 is 0 Å². The number of hydrogen-bond donors (Lipinski definition) is 1. The molecule has 1 amide bonds. The van der Waals surface area contributed by atoms with Crippen LogP contribution >= 0.6 is 23.2 Å². The number of hydrogen-bond acceptors (Lipinski definition) is 2. The summed E-state index contributed by atoms with van der Waals surface area (Å²) in [6, 6.07) is 13.8. The minimum Gasteiger partial charge on any atom is -0.356 e. The number of carbonyl (C=O) groups is 1. The van der Waals surface area contributed by atoms with Crippen molar-refractivity contribution < 1.29 is 4.79 Å². The number of aryl methyl sites for hydroxylation is 1. The second-order valence-electron chi connectivity index (χ2n) is 7.60. The van der Waals surface area contributed by atoms with E-state index >= 15 is 0 Å². The third kappa shape index (κ3) is 5.74. The van der Waals surface area contributed by atoms with Gasteiger partial charge in [0, 0.05) is 28.9 Å². The number of aromatic nitrogens is 2. The first kappa shape index (κ1) is 21.7. The molecule has 0 aliphatic rings. The summed E-state index contributed by atoms with van der Waals surface area (Å²) in [6.45, 7) is 5.21. The van der Waals surface area contributed by atoms with E-state index in [4.69, 9.17) is 28.2 Å². The number of nitrogens with one attached hydrogen (secondary N) is 1. The Morgan fingerprint density at radius 2 is 1.90 bits per heavy atom. The molecule has 3 aromatic rings. The number of nitrogens with zero attached hydrogens (tertiary/aromatic N) is 2. The first-order valence-electron chi connectivity index (χ1n) is 10.1. The molecule has 29 heavy (non-hydrogen) atoms. The van der Waals surface area contributed by atoms with Crippen molar-refractivity contribution in [2.75, 3.05) is 6.54 Å². The molecule has 2 aromatic carbocycles. The van der Waals surface area contributed by atoms with Crippen molar-refractivity contribution in [3.8, 4) is 0 Å². The highest BCUT2D eigenvalue weighted by Crippen LogP contribution is 2.25. The van der Waals surface area contributed by atoms with Crippen LogP contribution in [0.25, 0.3) is 11.0 Å². The molecule has 0 saturated heterocycles. The normalized spacial score (nSPS) is 11.3. The highest BCUT2D eigenvalue weighted by atomic mass is 35.5. The number of amides is 1. The smallest absolute Gasteiger partial charge is 0.222 e. The summed E-state index contributed by atoms with van der Waals surface area (Å²) < 4.78 is 2.24. The van der Waals surface area contributed by atoms with Gasteiger partial charge in [-0.3, -0.25) is 4.79 Å². The first-order chi connectivity index (χ1) is 14.0. The van der Waals surface area contributed by atoms with Crippen LogP contribution in [0.3, 0.4) is 0 Å². The second-order valence-corrected chi connectivity index (χ2v) is 8.44. The van der Waals surface area contributed by atoms with Crippen LogP contribution in [0.2, 0.25) is 10.0 Å². The van der Waals surface area contributed by atoms with E-state index in [-0.39, 0.29) is 11.8 Å². The Hall–Kier alpha value is -2.04. The molecule has 0 spiro atoms. The van der Waals surface area contributed by atoms with Gasteiger partial charge in [0.2, 0.25) is 5.91 Å². The summed E-state index contributed by atoms with van der Waals surface area (Å²) >= 11 is 12.4. The monoisotopic (exact) mass is 431 g/mol. The van der Waals surface area contributed by atoms with E-state index in [0.717, 1.165) is 54.6 Å². The molecule has 1 aromatic heterocycles. The number of para-hydroxylation sites is 2. The average Bonchev–Trinajstić information content (AvgIpc) is 3.03. The van der Waals surface area contributed by atoms with Crippen LogP contribution in [0.5, 0.6) is 0 Å². The van der Waals surface area contributed by atoms with Gasteiger partial charge in [0.15, 0.2) is 0 Å². The Bertz CT molecular complexity index is 981. The lowest BCUT2D eigenvalue weighted by atomic mass is 10.1. The number of carbonyl (C=O) groups excluding carboxylic acids is 1. The summed E-state index contributed by atoms with van der Waals surface area (Å²) in [7, 11) is 0. The molecule has 0 fully saturated rings. The summed E-state index contributed by atoms with van der Waals surface area (Å²) in [6.07, 6.45) is 3.93. The lowest BCUT2D eigenvalue weighted by molar-refractivity contribution is -0.123. The van der Waals surface area contributed by atoms with E-state index in [9.17, 15) is 4.79 Å². The highest BCUT2D eigenvalue weighted by molar-refractivity contribution is 6.35. The van der Waals surface area contributed by atoms with Crippen LogP contribution in [-0.2, 0) is 17.8 Å². The van der Waals surface area contributed by atoms with E-state index in [0.29, 0.717) is 16.6 Å². The Labute approximate surface area is 182 Å². The predicted molar refractivity (Wildman–Crippen MR) is 121 cm³/mol. The van der Waals surface area contributed by atoms with E-state index in [1.165, 1.54) is 0 Å². The molecule has 0 aliphatic heterocycles. The van der Waals surface area contributed by atoms with E-state index < -0.39 is 0 Å². The van der Waals surface area contributed by atoms with Gasteiger partial charge in [-0.25, -0.2) is 4.98 Å².